The third-order valence-corrected chi connectivity index (χ3v) is 6.43. The topological polar surface area (TPSA) is 87.1 Å². The molecule has 1 atom stereocenters. The molecular weight excluding hydrogens is 278 g/mol. The first-order valence-electron chi connectivity index (χ1n) is 7.18. The summed E-state index contributed by atoms with van der Waals surface area (Å²) in [5.41, 5.74) is 7.00. The van der Waals surface area contributed by atoms with Crippen molar-refractivity contribution in [3.63, 3.8) is 0 Å². The molecule has 0 aromatic carbocycles. The number of hydrogen-bond acceptors (Lipinski definition) is 4. The minimum absolute atomic E-state index is 0.0499. The summed E-state index contributed by atoms with van der Waals surface area (Å²) in [6, 6.07) is -0.269. The van der Waals surface area contributed by atoms with Crippen LogP contribution < -0.4 is 11.3 Å². The number of aromatic nitrogens is 2. The summed E-state index contributed by atoms with van der Waals surface area (Å²) in [7, 11) is -1.18. The molecule has 0 amide bonds. The molecule has 112 valence electrons. The molecule has 1 aliphatic carbocycles. The largest absolute Gasteiger partial charge is 0.393 e. The maximum Gasteiger partial charge on any atom is 0.290 e. The SMILES string of the molecule is Cn1c(C2CCCC2)c(N)c(=O)n1C1CCS(=O)(=O)C1. The lowest BCUT2D eigenvalue weighted by Gasteiger charge is -2.17. The first-order chi connectivity index (χ1) is 9.41. The van der Waals surface area contributed by atoms with Crippen LogP contribution >= 0.6 is 0 Å². The van der Waals surface area contributed by atoms with Crippen LogP contribution in [0.5, 0.6) is 0 Å². The van der Waals surface area contributed by atoms with Gasteiger partial charge in [-0.05, 0) is 19.3 Å². The summed E-state index contributed by atoms with van der Waals surface area (Å²) in [5.74, 6) is 0.550. The van der Waals surface area contributed by atoms with Gasteiger partial charge in [0.1, 0.15) is 5.69 Å². The summed E-state index contributed by atoms with van der Waals surface area (Å²) in [6.07, 6.45) is 4.96. The highest BCUT2D eigenvalue weighted by Gasteiger charge is 2.34. The van der Waals surface area contributed by atoms with Crippen molar-refractivity contribution in [2.45, 2.75) is 44.1 Å². The van der Waals surface area contributed by atoms with Gasteiger partial charge in [-0.2, -0.15) is 0 Å². The van der Waals surface area contributed by atoms with Crippen LogP contribution in [0.3, 0.4) is 0 Å². The molecule has 0 spiro atoms. The highest BCUT2D eigenvalue weighted by Crippen LogP contribution is 2.36. The van der Waals surface area contributed by atoms with Gasteiger partial charge >= 0.3 is 0 Å². The van der Waals surface area contributed by atoms with E-state index in [9.17, 15) is 13.2 Å². The van der Waals surface area contributed by atoms with Gasteiger partial charge in [0.15, 0.2) is 9.84 Å². The van der Waals surface area contributed by atoms with Crippen molar-refractivity contribution in [3.8, 4) is 0 Å². The smallest absolute Gasteiger partial charge is 0.290 e. The second-order valence-electron chi connectivity index (χ2n) is 6.01. The van der Waals surface area contributed by atoms with E-state index in [4.69, 9.17) is 5.73 Å². The fourth-order valence-electron chi connectivity index (χ4n) is 3.72. The Hall–Kier alpha value is -1.24. The lowest BCUT2D eigenvalue weighted by atomic mass is 10.0. The van der Waals surface area contributed by atoms with Gasteiger partial charge < -0.3 is 5.73 Å². The number of sulfone groups is 1. The van der Waals surface area contributed by atoms with Gasteiger partial charge in [0.25, 0.3) is 5.56 Å². The van der Waals surface area contributed by atoms with Gasteiger partial charge in [-0.25, -0.2) is 13.1 Å². The van der Waals surface area contributed by atoms with Crippen molar-refractivity contribution in [2.75, 3.05) is 17.2 Å². The Morgan fingerprint density at radius 3 is 2.40 bits per heavy atom. The number of hydrogen-bond donors (Lipinski definition) is 1. The fraction of sp³-hybridized carbons (Fsp3) is 0.769. The van der Waals surface area contributed by atoms with Gasteiger partial charge in [0.2, 0.25) is 0 Å². The molecule has 1 saturated carbocycles. The quantitative estimate of drug-likeness (QED) is 0.874. The third kappa shape index (κ3) is 2.08. The van der Waals surface area contributed by atoms with Gasteiger partial charge in [-0.3, -0.25) is 9.48 Å². The standard InChI is InChI=1S/C13H21N3O3S/c1-15-12(9-4-2-3-5-9)11(14)13(17)16(15)10-6-7-20(18,19)8-10/h9-10H,2-8,14H2,1H3. The Labute approximate surface area is 118 Å². The normalized spacial score (nSPS) is 26.4. The van der Waals surface area contributed by atoms with Gasteiger partial charge in [-0.15, -0.1) is 0 Å². The fourth-order valence-corrected chi connectivity index (χ4v) is 5.41. The Kier molecular flexibility index (Phi) is 3.19. The highest BCUT2D eigenvalue weighted by molar-refractivity contribution is 7.91. The summed E-state index contributed by atoms with van der Waals surface area (Å²) in [6.45, 7) is 0. The molecule has 1 saturated heterocycles. The Balaban J connectivity index is 2.04. The lowest BCUT2D eigenvalue weighted by Crippen LogP contribution is -2.28. The van der Waals surface area contributed by atoms with Crippen molar-refractivity contribution in [1.82, 2.24) is 9.36 Å². The van der Waals surface area contributed by atoms with Gasteiger partial charge in [0, 0.05) is 13.0 Å². The monoisotopic (exact) mass is 299 g/mol. The van der Waals surface area contributed by atoms with Crippen molar-refractivity contribution >= 4 is 15.5 Å². The predicted octanol–water partition coefficient (Wildman–Crippen LogP) is 0.786. The molecule has 2 N–H and O–H groups in total. The first-order valence-corrected chi connectivity index (χ1v) is 9.00. The summed E-state index contributed by atoms with van der Waals surface area (Å²) in [4.78, 5) is 12.4. The number of nitrogen functional groups attached to an aromatic ring is 1. The van der Waals surface area contributed by atoms with E-state index in [-0.39, 0.29) is 23.1 Å². The van der Waals surface area contributed by atoms with Crippen LogP contribution in [0.1, 0.15) is 49.8 Å². The Bertz CT molecular complexity index is 680. The van der Waals surface area contributed by atoms with Crippen molar-refractivity contribution in [3.05, 3.63) is 16.0 Å². The number of anilines is 1. The average molecular weight is 299 g/mol. The van der Waals surface area contributed by atoms with E-state index in [2.05, 4.69) is 0 Å². The van der Waals surface area contributed by atoms with E-state index < -0.39 is 9.84 Å². The molecule has 0 bridgehead atoms. The van der Waals surface area contributed by atoms with Crippen LogP contribution in [0.2, 0.25) is 0 Å². The second kappa shape index (κ2) is 4.65. The molecule has 1 aliphatic heterocycles. The molecule has 0 radical (unpaired) electrons. The average Bonchev–Trinajstić information content (AvgIpc) is 3.03. The summed E-state index contributed by atoms with van der Waals surface area (Å²) >= 11 is 0. The molecule has 6 nitrogen and oxygen atoms in total. The van der Waals surface area contributed by atoms with Crippen molar-refractivity contribution in [1.29, 1.82) is 0 Å². The van der Waals surface area contributed by atoms with Crippen molar-refractivity contribution < 1.29 is 8.42 Å². The second-order valence-corrected chi connectivity index (χ2v) is 8.24. The molecule has 1 unspecified atom stereocenters. The molecule has 20 heavy (non-hydrogen) atoms. The van der Waals surface area contributed by atoms with E-state index in [1.807, 2.05) is 11.7 Å². The third-order valence-electron chi connectivity index (χ3n) is 4.68. The maximum absolute atomic E-state index is 12.4. The lowest BCUT2D eigenvalue weighted by molar-refractivity contribution is 0.403. The van der Waals surface area contributed by atoms with Crippen LogP contribution in [0.4, 0.5) is 5.69 Å². The predicted molar refractivity (Wildman–Crippen MR) is 77.6 cm³/mol. The van der Waals surface area contributed by atoms with E-state index in [1.165, 1.54) is 12.8 Å². The Morgan fingerprint density at radius 1 is 1.20 bits per heavy atom. The number of nitrogens with zero attached hydrogens (tertiary/aromatic N) is 2. The van der Waals surface area contributed by atoms with E-state index in [1.54, 1.807) is 4.68 Å². The summed E-state index contributed by atoms with van der Waals surface area (Å²) < 4.78 is 26.6. The van der Waals surface area contributed by atoms with Crippen LogP contribution in [0.25, 0.3) is 0 Å². The van der Waals surface area contributed by atoms with Crippen molar-refractivity contribution in [2.24, 2.45) is 7.05 Å². The minimum atomic E-state index is -3.01. The van der Waals surface area contributed by atoms with Crippen LogP contribution in [0.15, 0.2) is 4.79 Å². The molecule has 2 heterocycles. The minimum Gasteiger partial charge on any atom is -0.393 e. The zero-order chi connectivity index (χ0) is 14.5. The Morgan fingerprint density at radius 2 is 1.85 bits per heavy atom. The molecule has 3 rings (SSSR count). The molecule has 2 aliphatic rings. The molecule has 7 heteroatoms. The number of rotatable bonds is 2. The zero-order valence-electron chi connectivity index (χ0n) is 11.7. The maximum atomic E-state index is 12.4. The van der Waals surface area contributed by atoms with Crippen LogP contribution in [-0.4, -0.2) is 29.3 Å². The van der Waals surface area contributed by atoms with Gasteiger partial charge in [-0.1, -0.05) is 12.8 Å². The number of nitrogens with two attached hydrogens (primary N) is 1. The molecule has 2 fully saturated rings. The molecular formula is C13H21N3O3S. The van der Waals surface area contributed by atoms with Gasteiger partial charge in [0.05, 0.1) is 23.2 Å². The molecule has 1 aromatic heterocycles. The first kappa shape index (κ1) is 13.7. The summed E-state index contributed by atoms with van der Waals surface area (Å²) in [5, 5.41) is 0. The van der Waals surface area contributed by atoms with Crippen LogP contribution in [0, 0.1) is 0 Å². The van der Waals surface area contributed by atoms with E-state index in [0.717, 1.165) is 18.5 Å². The van der Waals surface area contributed by atoms with E-state index in [0.29, 0.717) is 18.0 Å². The van der Waals surface area contributed by atoms with E-state index >= 15 is 0 Å². The zero-order valence-corrected chi connectivity index (χ0v) is 12.5. The molecule has 1 aromatic rings. The highest BCUT2D eigenvalue weighted by atomic mass is 32.2. The van der Waals surface area contributed by atoms with Crippen LogP contribution in [-0.2, 0) is 16.9 Å².